The first-order chi connectivity index (χ1) is 11.6. The van der Waals surface area contributed by atoms with Crippen LogP contribution in [0.2, 0.25) is 0 Å². The maximum Gasteiger partial charge on any atom is 0.325 e. The summed E-state index contributed by atoms with van der Waals surface area (Å²) in [6.45, 7) is 2.26. The maximum absolute atomic E-state index is 12.7. The standard InChI is InChI=1S/C17H28N4O3.ClH/c1-18-11-13-5-9-20(10-6-13)14(22)12-21-15(23)17(19-16(21)24)7-3-2-4-8-17;/h13,18H,2-12H2,1H3,(H,19,24);1H. The predicted octanol–water partition coefficient (Wildman–Crippen LogP) is 1.12. The summed E-state index contributed by atoms with van der Waals surface area (Å²) < 4.78 is 0. The Balaban J connectivity index is 0.00000225. The van der Waals surface area contributed by atoms with Crippen LogP contribution in [0.3, 0.4) is 0 Å². The highest BCUT2D eigenvalue weighted by Gasteiger charge is 2.51. The molecule has 1 aliphatic carbocycles. The van der Waals surface area contributed by atoms with E-state index >= 15 is 0 Å². The molecule has 3 aliphatic rings. The van der Waals surface area contributed by atoms with Gasteiger partial charge in [-0.3, -0.25) is 14.5 Å². The maximum atomic E-state index is 12.7. The van der Waals surface area contributed by atoms with Crippen molar-refractivity contribution in [3.8, 4) is 0 Å². The van der Waals surface area contributed by atoms with Gasteiger partial charge in [-0.15, -0.1) is 12.4 Å². The van der Waals surface area contributed by atoms with Crippen LogP contribution < -0.4 is 10.6 Å². The molecule has 3 rings (SSSR count). The molecule has 0 radical (unpaired) electrons. The third kappa shape index (κ3) is 4.08. The van der Waals surface area contributed by atoms with Crippen LogP contribution in [0.1, 0.15) is 44.9 Å². The lowest BCUT2D eigenvalue weighted by atomic mass is 9.82. The smallest absolute Gasteiger partial charge is 0.325 e. The molecule has 2 aliphatic heterocycles. The minimum absolute atomic E-state index is 0. The Labute approximate surface area is 155 Å². The van der Waals surface area contributed by atoms with Gasteiger partial charge in [-0.1, -0.05) is 19.3 Å². The number of amides is 4. The first-order valence-electron chi connectivity index (χ1n) is 9.12. The van der Waals surface area contributed by atoms with Crippen molar-refractivity contribution >= 4 is 30.3 Å². The van der Waals surface area contributed by atoms with Crippen molar-refractivity contribution < 1.29 is 14.4 Å². The second kappa shape index (κ2) is 8.36. The number of imide groups is 1. The number of carbonyl (C=O) groups is 3. The molecule has 0 unspecified atom stereocenters. The van der Waals surface area contributed by atoms with E-state index < -0.39 is 11.6 Å². The number of likely N-dealkylation sites (tertiary alicyclic amines) is 1. The largest absolute Gasteiger partial charge is 0.341 e. The molecule has 0 atom stereocenters. The molecular weight excluding hydrogens is 344 g/mol. The second-order valence-corrected chi connectivity index (χ2v) is 7.35. The van der Waals surface area contributed by atoms with Gasteiger partial charge in [0.25, 0.3) is 5.91 Å². The SMILES string of the molecule is CNCC1CCN(C(=O)CN2C(=O)NC3(CCCCC3)C2=O)CC1.Cl. The van der Waals surface area contributed by atoms with Crippen LogP contribution in [0.25, 0.3) is 0 Å². The summed E-state index contributed by atoms with van der Waals surface area (Å²) in [5.41, 5.74) is -0.741. The van der Waals surface area contributed by atoms with E-state index in [1.807, 2.05) is 7.05 Å². The quantitative estimate of drug-likeness (QED) is 0.724. The zero-order valence-electron chi connectivity index (χ0n) is 14.9. The van der Waals surface area contributed by atoms with Crippen LogP contribution in [0.4, 0.5) is 4.79 Å². The zero-order valence-corrected chi connectivity index (χ0v) is 15.7. The molecule has 2 saturated heterocycles. The topological polar surface area (TPSA) is 81.8 Å². The van der Waals surface area contributed by atoms with E-state index in [-0.39, 0.29) is 30.8 Å². The zero-order chi connectivity index (χ0) is 17.2. The highest BCUT2D eigenvalue weighted by Crippen LogP contribution is 2.33. The molecular formula is C17H29ClN4O3. The second-order valence-electron chi connectivity index (χ2n) is 7.35. The minimum Gasteiger partial charge on any atom is -0.341 e. The number of piperidine rings is 1. The number of hydrogen-bond donors (Lipinski definition) is 2. The molecule has 0 aromatic heterocycles. The van der Waals surface area contributed by atoms with Crippen molar-refractivity contribution in [3.63, 3.8) is 0 Å². The van der Waals surface area contributed by atoms with Gasteiger partial charge < -0.3 is 15.5 Å². The number of hydrogen-bond acceptors (Lipinski definition) is 4. The summed E-state index contributed by atoms with van der Waals surface area (Å²) in [6, 6.07) is -0.402. The molecule has 0 bridgehead atoms. The summed E-state index contributed by atoms with van der Waals surface area (Å²) in [6.07, 6.45) is 6.33. The number of carbonyl (C=O) groups excluding carboxylic acids is 3. The van der Waals surface area contributed by atoms with Crippen molar-refractivity contribution in [3.05, 3.63) is 0 Å². The highest BCUT2D eigenvalue weighted by atomic mass is 35.5. The van der Waals surface area contributed by atoms with Crippen LogP contribution >= 0.6 is 12.4 Å². The van der Waals surface area contributed by atoms with E-state index in [1.54, 1.807) is 4.90 Å². The number of halogens is 1. The molecule has 2 heterocycles. The van der Waals surface area contributed by atoms with Crippen molar-refractivity contribution in [1.82, 2.24) is 20.4 Å². The Morgan fingerprint density at radius 2 is 1.84 bits per heavy atom. The minimum atomic E-state index is -0.741. The fourth-order valence-corrected chi connectivity index (χ4v) is 4.22. The Morgan fingerprint density at radius 3 is 2.44 bits per heavy atom. The van der Waals surface area contributed by atoms with Gasteiger partial charge in [0.2, 0.25) is 5.91 Å². The molecule has 25 heavy (non-hydrogen) atoms. The molecule has 142 valence electrons. The third-order valence-corrected chi connectivity index (χ3v) is 5.71. The Morgan fingerprint density at radius 1 is 1.20 bits per heavy atom. The molecule has 8 heteroatoms. The van der Waals surface area contributed by atoms with Crippen molar-refractivity contribution in [1.29, 1.82) is 0 Å². The fraction of sp³-hybridized carbons (Fsp3) is 0.824. The van der Waals surface area contributed by atoms with Gasteiger partial charge in [-0.05, 0) is 45.2 Å². The predicted molar refractivity (Wildman–Crippen MR) is 96.5 cm³/mol. The van der Waals surface area contributed by atoms with Gasteiger partial charge in [0.05, 0.1) is 0 Å². The van der Waals surface area contributed by atoms with Crippen molar-refractivity contribution in [2.75, 3.05) is 33.2 Å². The van der Waals surface area contributed by atoms with E-state index in [2.05, 4.69) is 10.6 Å². The van der Waals surface area contributed by atoms with Gasteiger partial charge >= 0.3 is 6.03 Å². The number of urea groups is 1. The normalized spacial score (nSPS) is 23.6. The lowest BCUT2D eigenvalue weighted by molar-refractivity contribution is -0.140. The van der Waals surface area contributed by atoms with Gasteiger partial charge in [-0.25, -0.2) is 4.79 Å². The summed E-state index contributed by atoms with van der Waals surface area (Å²) in [5, 5.41) is 6.04. The summed E-state index contributed by atoms with van der Waals surface area (Å²) >= 11 is 0. The molecule has 0 aromatic carbocycles. The van der Waals surface area contributed by atoms with Crippen LogP contribution in [0, 0.1) is 5.92 Å². The van der Waals surface area contributed by atoms with E-state index in [4.69, 9.17) is 0 Å². The van der Waals surface area contributed by atoms with Gasteiger partial charge in [0.1, 0.15) is 12.1 Å². The van der Waals surface area contributed by atoms with Crippen molar-refractivity contribution in [2.45, 2.75) is 50.5 Å². The van der Waals surface area contributed by atoms with Gasteiger partial charge in [0.15, 0.2) is 0 Å². The number of nitrogens with one attached hydrogen (secondary N) is 2. The van der Waals surface area contributed by atoms with E-state index in [1.165, 1.54) is 0 Å². The van der Waals surface area contributed by atoms with E-state index in [0.717, 1.165) is 43.5 Å². The van der Waals surface area contributed by atoms with Gasteiger partial charge in [-0.2, -0.15) is 0 Å². The van der Waals surface area contributed by atoms with E-state index in [9.17, 15) is 14.4 Å². The highest BCUT2D eigenvalue weighted by molar-refractivity contribution is 6.09. The van der Waals surface area contributed by atoms with Crippen LogP contribution in [0.5, 0.6) is 0 Å². The first kappa shape index (κ1) is 20.0. The Kier molecular flexibility index (Phi) is 6.68. The molecule has 3 fully saturated rings. The Hall–Kier alpha value is -1.34. The fourth-order valence-electron chi connectivity index (χ4n) is 4.22. The van der Waals surface area contributed by atoms with Gasteiger partial charge in [0, 0.05) is 13.1 Å². The monoisotopic (exact) mass is 372 g/mol. The first-order valence-corrected chi connectivity index (χ1v) is 9.12. The lowest BCUT2D eigenvalue weighted by Crippen LogP contribution is -2.49. The average molecular weight is 373 g/mol. The van der Waals surface area contributed by atoms with Crippen molar-refractivity contribution in [2.24, 2.45) is 5.92 Å². The third-order valence-electron chi connectivity index (χ3n) is 5.71. The van der Waals surface area contributed by atoms with E-state index in [0.29, 0.717) is 31.8 Å². The molecule has 1 spiro atoms. The average Bonchev–Trinajstić information content (AvgIpc) is 2.80. The van der Waals surface area contributed by atoms with Crippen LogP contribution in [0.15, 0.2) is 0 Å². The molecule has 7 nitrogen and oxygen atoms in total. The lowest BCUT2D eigenvalue weighted by Gasteiger charge is -2.33. The molecule has 0 aromatic rings. The summed E-state index contributed by atoms with van der Waals surface area (Å²) in [4.78, 5) is 40.4. The molecule has 2 N–H and O–H groups in total. The van der Waals surface area contributed by atoms with Crippen LogP contribution in [-0.2, 0) is 9.59 Å². The number of nitrogens with zero attached hydrogens (tertiary/aromatic N) is 2. The molecule has 1 saturated carbocycles. The molecule has 4 amide bonds. The Bertz CT molecular complexity index is 514. The van der Waals surface area contributed by atoms with Crippen LogP contribution in [-0.4, -0.2) is 66.4 Å². The number of rotatable bonds is 4. The summed E-state index contributed by atoms with van der Waals surface area (Å²) in [7, 11) is 1.94. The summed E-state index contributed by atoms with van der Waals surface area (Å²) in [5.74, 6) is 0.279.